The Kier molecular flexibility index (Phi) is 5.75. The van der Waals surface area contributed by atoms with Gasteiger partial charge >= 0.3 is 0 Å². The molecule has 0 amide bonds. The third-order valence-electron chi connectivity index (χ3n) is 6.85. The van der Waals surface area contributed by atoms with Gasteiger partial charge in [0.05, 0.1) is 29.1 Å². The number of pyridine rings is 1. The average molecular weight is 500 g/mol. The molecule has 7 heteroatoms. The molecular formula is C29H23ClFN3O2. The molecule has 1 aliphatic carbocycles. The van der Waals surface area contributed by atoms with Crippen LogP contribution in [0.2, 0.25) is 5.02 Å². The fourth-order valence-electron chi connectivity index (χ4n) is 5.02. The molecular weight excluding hydrogens is 477 g/mol. The first-order valence-corrected chi connectivity index (χ1v) is 12.3. The molecule has 0 atom stereocenters. The highest BCUT2D eigenvalue weighted by Gasteiger charge is 2.32. The van der Waals surface area contributed by atoms with Crippen LogP contribution in [0.15, 0.2) is 60.3 Å². The molecule has 1 saturated carbocycles. The second-order valence-electron chi connectivity index (χ2n) is 9.26. The van der Waals surface area contributed by atoms with Crippen molar-refractivity contribution >= 4 is 22.8 Å². The number of hydrogen-bond donors (Lipinski definition) is 0. The van der Waals surface area contributed by atoms with Gasteiger partial charge < -0.3 is 13.9 Å². The lowest BCUT2D eigenvalue weighted by Gasteiger charge is -2.14. The molecule has 0 radical (unpaired) electrons. The molecule has 4 aromatic rings. The standard InChI is InChI=1S/C29H23ClFN3O2/c1-35-16-25-26(34-10-2-3-24(30)29(34)33-25)12-17-4-8-21-19(11-17)15-36-27-13-20(31)7-9-22(27)28(21)23(14-32)18-5-6-18/h2-4,7-11,13,18H,5-6,12,15-16H2,1H3. The highest BCUT2D eigenvalue weighted by molar-refractivity contribution is 6.33. The maximum atomic E-state index is 14.1. The Bertz CT molecular complexity index is 1580. The van der Waals surface area contributed by atoms with Crippen LogP contribution in [0.5, 0.6) is 5.75 Å². The van der Waals surface area contributed by atoms with E-state index >= 15 is 0 Å². The maximum absolute atomic E-state index is 14.1. The van der Waals surface area contributed by atoms with E-state index in [0.717, 1.165) is 57.6 Å². The van der Waals surface area contributed by atoms with Crippen molar-refractivity contribution in [2.75, 3.05) is 7.11 Å². The molecule has 0 spiro atoms. The molecule has 6 rings (SSSR count). The van der Waals surface area contributed by atoms with Gasteiger partial charge in [-0.1, -0.05) is 29.8 Å². The summed E-state index contributed by atoms with van der Waals surface area (Å²) in [7, 11) is 1.65. The van der Waals surface area contributed by atoms with E-state index in [1.54, 1.807) is 13.2 Å². The molecule has 180 valence electrons. The van der Waals surface area contributed by atoms with Gasteiger partial charge in [-0.15, -0.1) is 0 Å². The summed E-state index contributed by atoms with van der Waals surface area (Å²) in [6, 6.07) is 17.0. The van der Waals surface area contributed by atoms with Gasteiger partial charge in [-0.25, -0.2) is 9.37 Å². The third-order valence-corrected chi connectivity index (χ3v) is 7.14. The number of allylic oxidation sites excluding steroid dienone is 1. The minimum Gasteiger partial charge on any atom is -0.488 e. The van der Waals surface area contributed by atoms with E-state index in [1.807, 2.05) is 22.7 Å². The third kappa shape index (κ3) is 3.95. The van der Waals surface area contributed by atoms with E-state index in [4.69, 9.17) is 26.1 Å². The van der Waals surface area contributed by atoms with Gasteiger partial charge in [0.15, 0.2) is 5.65 Å². The van der Waals surface area contributed by atoms with Crippen molar-refractivity contribution in [3.05, 3.63) is 105 Å². The van der Waals surface area contributed by atoms with Crippen LogP contribution in [-0.4, -0.2) is 16.5 Å². The van der Waals surface area contributed by atoms with Gasteiger partial charge in [-0.05, 0) is 59.7 Å². The molecule has 2 aromatic carbocycles. The topological polar surface area (TPSA) is 59.6 Å². The summed E-state index contributed by atoms with van der Waals surface area (Å²) in [5, 5.41) is 10.6. The van der Waals surface area contributed by atoms with Crippen LogP contribution in [0.1, 0.15) is 46.5 Å². The predicted molar refractivity (Wildman–Crippen MR) is 135 cm³/mol. The predicted octanol–water partition coefficient (Wildman–Crippen LogP) is 6.49. The Balaban J connectivity index is 1.47. The fourth-order valence-corrected chi connectivity index (χ4v) is 5.23. The van der Waals surface area contributed by atoms with Gasteiger partial charge in [0.2, 0.25) is 0 Å². The summed E-state index contributed by atoms with van der Waals surface area (Å²) in [6.07, 6.45) is 4.56. The number of imidazole rings is 1. The van der Waals surface area contributed by atoms with Crippen molar-refractivity contribution in [2.24, 2.45) is 5.92 Å². The van der Waals surface area contributed by atoms with Crippen LogP contribution < -0.4 is 4.74 Å². The molecule has 1 fully saturated rings. The van der Waals surface area contributed by atoms with Crippen LogP contribution in [-0.2, 0) is 24.4 Å². The van der Waals surface area contributed by atoms with Gasteiger partial charge in [0, 0.05) is 42.5 Å². The number of nitriles is 1. The Morgan fingerprint density at radius 3 is 2.83 bits per heavy atom. The quantitative estimate of drug-likeness (QED) is 0.294. The van der Waals surface area contributed by atoms with E-state index in [2.05, 4.69) is 24.3 Å². The van der Waals surface area contributed by atoms with Gasteiger partial charge in [0.1, 0.15) is 18.2 Å². The van der Waals surface area contributed by atoms with Crippen molar-refractivity contribution in [2.45, 2.75) is 32.5 Å². The lowest BCUT2D eigenvalue weighted by molar-refractivity contribution is 0.181. The maximum Gasteiger partial charge on any atom is 0.156 e. The highest BCUT2D eigenvalue weighted by Crippen LogP contribution is 2.46. The minimum atomic E-state index is -0.360. The van der Waals surface area contributed by atoms with E-state index in [0.29, 0.717) is 29.4 Å². The number of benzene rings is 2. The fraction of sp³-hybridized carbons (Fsp3) is 0.241. The second kappa shape index (κ2) is 9.09. The molecule has 2 aromatic heterocycles. The Morgan fingerprint density at radius 1 is 1.22 bits per heavy atom. The zero-order valence-corrected chi connectivity index (χ0v) is 20.5. The van der Waals surface area contributed by atoms with Gasteiger partial charge in [-0.3, -0.25) is 0 Å². The monoisotopic (exact) mass is 499 g/mol. The zero-order valence-electron chi connectivity index (χ0n) is 19.7. The number of halogens is 2. The first-order chi connectivity index (χ1) is 17.6. The smallest absolute Gasteiger partial charge is 0.156 e. The largest absolute Gasteiger partial charge is 0.488 e. The summed E-state index contributed by atoms with van der Waals surface area (Å²) in [5.74, 6) is 0.351. The first kappa shape index (κ1) is 22.8. The van der Waals surface area contributed by atoms with Crippen LogP contribution in [0.25, 0.3) is 11.2 Å². The second-order valence-corrected chi connectivity index (χ2v) is 9.67. The summed E-state index contributed by atoms with van der Waals surface area (Å²) >= 11 is 6.41. The highest BCUT2D eigenvalue weighted by atomic mass is 35.5. The number of rotatable bonds is 5. The van der Waals surface area contributed by atoms with Crippen molar-refractivity contribution in [3.8, 4) is 11.8 Å². The number of fused-ring (bicyclic) bond motifs is 3. The van der Waals surface area contributed by atoms with Gasteiger partial charge in [0.25, 0.3) is 0 Å². The Labute approximate surface area is 213 Å². The van der Waals surface area contributed by atoms with Crippen molar-refractivity contribution in [1.82, 2.24) is 9.38 Å². The Morgan fingerprint density at radius 2 is 2.06 bits per heavy atom. The van der Waals surface area contributed by atoms with E-state index in [-0.39, 0.29) is 18.3 Å². The molecule has 0 N–H and O–H groups in total. The van der Waals surface area contributed by atoms with Crippen molar-refractivity contribution in [3.63, 3.8) is 0 Å². The Hall–Kier alpha value is -3.66. The van der Waals surface area contributed by atoms with Crippen LogP contribution in [0.4, 0.5) is 4.39 Å². The lowest BCUT2D eigenvalue weighted by atomic mass is 9.88. The van der Waals surface area contributed by atoms with Crippen molar-refractivity contribution in [1.29, 1.82) is 5.26 Å². The summed E-state index contributed by atoms with van der Waals surface area (Å²) < 4.78 is 27.6. The van der Waals surface area contributed by atoms with Crippen LogP contribution in [0.3, 0.4) is 0 Å². The number of methoxy groups -OCH3 is 1. The van der Waals surface area contributed by atoms with Crippen LogP contribution >= 0.6 is 11.6 Å². The summed E-state index contributed by atoms with van der Waals surface area (Å²) in [4.78, 5) is 4.71. The van der Waals surface area contributed by atoms with Gasteiger partial charge in [-0.2, -0.15) is 5.26 Å². The molecule has 0 saturated heterocycles. The average Bonchev–Trinajstić information content (AvgIpc) is 3.67. The number of hydrogen-bond acceptors (Lipinski definition) is 4. The van der Waals surface area contributed by atoms with Crippen molar-refractivity contribution < 1.29 is 13.9 Å². The molecule has 5 nitrogen and oxygen atoms in total. The minimum absolute atomic E-state index is 0.244. The SMILES string of the molecule is COCc1nc2c(Cl)cccn2c1Cc1ccc2c(c1)COc1cc(F)ccc1C2=C(C#N)C1CC1. The van der Waals surface area contributed by atoms with E-state index in [1.165, 1.54) is 12.1 Å². The molecule has 36 heavy (non-hydrogen) atoms. The lowest BCUT2D eigenvalue weighted by Crippen LogP contribution is -2.03. The number of nitrogens with zero attached hydrogens (tertiary/aromatic N) is 3. The normalized spacial score (nSPS) is 16.1. The van der Waals surface area contributed by atoms with E-state index < -0.39 is 0 Å². The molecule has 2 aliphatic rings. The molecule has 0 bridgehead atoms. The summed E-state index contributed by atoms with van der Waals surface area (Å²) in [5.41, 5.74) is 7.91. The molecule has 1 aliphatic heterocycles. The molecule has 3 heterocycles. The van der Waals surface area contributed by atoms with E-state index in [9.17, 15) is 9.65 Å². The number of aromatic nitrogens is 2. The summed E-state index contributed by atoms with van der Waals surface area (Å²) in [6.45, 7) is 0.665. The zero-order chi connectivity index (χ0) is 24.8. The number of ether oxygens (including phenoxy) is 2. The first-order valence-electron chi connectivity index (χ1n) is 11.9. The molecule has 0 unspecified atom stereocenters. The van der Waals surface area contributed by atoms with Crippen LogP contribution in [0, 0.1) is 23.1 Å².